The summed E-state index contributed by atoms with van der Waals surface area (Å²) >= 11 is 0. The van der Waals surface area contributed by atoms with Gasteiger partial charge in [-0.05, 0) is 58.4 Å². The molecule has 2 nitrogen and oxygen atoms in total. The summed E-state index contributed by atoms with van der Waals surface area (Å²) in [5, 5.41) is 3.51. The van der Waals surface area contributed by atoms with Gasteiger partial charge in [-0.25, -0.2) is 0 Å². The van der Waals surface area contributed by atoms with Crippen LogP contribution in [0.4, 0.5) is 0 Å². The first-order valence-electron chi connectivity index (χ1n) is 6.89. The highest BCUT2D eigenvalue weighted by atomic mass is 15.1. The van der Waals surface area contributed by atoms with Gasteiger partial charge < -0.3 is 10.2 Å². The van der Waals surface area contributed by atoms with Crippen LogP contribution >= 0.6 is 0 Å². The lowest BCUT2D eigenvalue weighted by atomic mass is 10.2. The minimum absolute atomic E-state index is 1.16. The van der Waals surface area contributed by atoms with Crippen molar-refractivity contribution in [2.45, 2.75) is 46.0 Å². The molecule has 0 bridgehead atoms. The fraction of sp³-hybridized carbons (Fsp3) is 0.857. The van der Waals surface area contributed by atoms with E-state index < -0.39 is 0 Å². The molecule has 0 unspecified atom stereocenters. The number of hydrogen-bond acceptors (Lipinski definition) is 2. The van der Waals surface area contributed by atoms with Crippen molar-refractivity contribution in [3.63, 3.8) is 0 Å². The molecule has 0 fully saturated rings. The smallest absolute Gasteiger partial charge is 0.000687 e. The van der Waals surface area contributed by atoms with Gasteiger partial charge in [-0.15, -0.1) is 6.58 Å². The van der Waals surface area contributed by atoms with Crippen LogP contribution in [0.2, 0.25) is 0 Å². The van der Waals surface area contributed by atoms with Gasteiger partial charge in [0.2, 0.25) is 0 Å². The van der Waals surface area contributed by atoms with Crippen LogP contribution in [0, 0.1) is 0 Å². The molecule has 0 amide bonds. The summed E-state index contributed by atoms with van der Waals surface area (Å²) in [6, 6.07) is 0. The predicted molar refractivity (Wildman–Crippen MR) is 73.9 cm³/mol. The van der Waals surface area contributed by atoms with Crippen molar-refractivity contribution in [1.29, 1.82) is 0 Å². The lowest BCUT2D eigenvalue weighted by Crippen LogP contribution is -2.27. The summed E-state index contributed by atoms with van der Waals surface area (Å²) in [5.41, 5.74) is 0. The van der Waals surface area contributed by atoms with Crippen molar-refractivity contribution in [1.82, 2.24) is 10.2 Å². The van der Waals surface area contributed by atoms with E-state index in [0.717, 1.165) is 6.54 Å². The zero-order valence-electron chi connectivity index (χ0n) is 11.3. The van der Waals surface area contributed by atoms with Crippen LogP contribution in [0.25, 0.3) is 0 Å². The SMILES string of the molecule is C=CCCCCCNCCCN(CC)CC. The summed E-state index contributed by atoms with van der Waals surface area (Å²) < 4.78 is 0. The normalized spacial score (nSPS) is 10.9. The number of allylic oxidation sites excluding steroid dienone is 1. The standard InChI is InChI=1S/C14H30N2/c1-4-7-8-9-10-12-15-13-11-14-16(5-2)6-3/h4,15H,1,5-14H2,2-3H3. The first-order valence-corrected chi connectivity index (χ1v) is 6.89. The van der Waals surface area contributed by atoms with Gasteiger partial charge in [0.25, 0.3) is 0 Å². The summed E-state index contributed by atoms with van der Waals surface area (Å²) in [6.07, 6.45) is 8.38. The Morgan fingerprint density at radius 3 is 2.31 bits per heavy atom. The van der Waals surface area contributed by atoms with E-state index in [1.54, 1.807) is 0 Å². The Labute approximate surface area is 102 Å². The van der Waals surface area contributed by atoms with Gasteiger partial charge in [0.15, 0.2) is 0 Å². The number of nitrogens with zero attached hydrogens (tertiary/aromatic N) is 1. The first-order chi connectivity index (χ1) is 7.85. The Morgan fingerprint density at radius 1 is 1.00 bits per heavy atom. The van der Waals surface area contributed by atoms with Crippen LogP contribution in [0.1, 0.15) is 46.0 Å². The number of rotatable bonds is 12. The third-order valence-corrected chi connectivity index (χ3v) is 2.98. The van der Waals surface area contributed by atoms with Crippen molar-refractivity contribution in [2.24, 2.45) is 0 Å². The molecule has 0 saturated heterocycles. The Hall–Kier alpha value is -0.340. The van der Waals surface area contributed by atoms with Crippen LogP contribution in [0.15, 0.2) is 12.7 Å². The number of nitrogens with one attached hydrogen (secondary N) is 1. The predicted octanol–water partition coefficient (Wildman–Crippen LogP) is 3.05. The number of unbranched alkanes of at least 4 members (excludes halogenated alkanes) is 3. The third-order valence-electron chi connectivity index (χ3n) is 2.98. The molecule has 0 atom stereocenters. The quantitative estimate of drug-likeness (QED) is 0.406. The molecule has 0 spiro atoms. The molecule has 0 aliphatic carbocycles. The molecule has 0 aliphatic rings. The van der Waals surface area contributed by atoms with Crippen molar-refractivity contribution in [3.05, 3.63) is 12.7 Å². The molecule has 2 heteroatoms. The molecule has 96 valence electrons. The maximum absolute atomic E-state index is 3.73. The van der Waals surface area contributed by atoms with E-state index in [-0.39, 0.29) is 0 Å². The van der Waals surface area contributed by atoms with E-state index in [1.165, 1.54) is 58.3 Å². The van der Waals surface area contributed by atoms with Crippen LogP contribution in [-0.4, -0.2) is 37.6 Å². The van der Waals surface area contributed by atoms with E-state index in [0.29, 0.717) is 0 Å². The molecule has 1 N–H and O–H groups in total. The van der Waals surface area contributed by atoms with Crippen LogP contribution < -0.4 is 5.32 Å². The fourth-order valence-electron chi connectivity index (χ4n) is 1.81. The molecule has 0 heterocycles. The van der Waals surface area contributed by atoms with Crippen LogP contribution in [0.3, 0.4) is 0 Å². The lowest BCUT2D eigenvalue weighted by Gasteiger charge is -2.17. The Kier molecular flexibility index (Phi) is 12.5. The maximum atomic E-state index is 3.73. The van der Waals surface area contributed by atoms with E-state index >= 15 is 0 Å². The molecule has 0 aliphatic heterocycles. The minimum Gasteiger partial charge on any atom is -0.317 e. The Bertz CT molecular complexity index is 142. The van der Waals surface area contributed by atoms with Crippen molar-refractivity contribution in [2.75, 3.05) is 32.7 Å². The molecule has 0 aromatic rings. The van der Waals surface area contributed by atoms with Gasteiger partial charge in [0, 0.05) is 0 Å². The second kappa shape index (κ2) is 12.7. The van der Waals surface area contributed by atoms with Crippen LogP contribution in [-0.2, 0) is 0 Å². The second-order valence-electron chi connectivity index (χ2n) is 4.27. The van der Waals surface area contributed by atoms with Gasteiger partial charge in [-0.1, -0.05) is 26.3 Å². The lowest BCUT2D eigenvalue weighted by molar-refractivity contribution is 0.298. The Balaban J connectivity index is 3.06. The molecule has 0 rings (SSSR count). The van der Waals surface area contributed by atoms with E-state index in [4.69, 9.17) is 0 Å². The minimum atomic E-state index is 1.16. The van der Waals surface area contributed by atoms with Gasteiger partial charge >= 0.3 is 0 Å². The average molecular weight is 226 g/mol. The molecular weight excluding hydrogens is 196 g/mol. The van der Waals surface area contributed by atoms with Crippen molar-refractivity contribution < 1.29 is 0 Å². The summed E-state index contributed by atoms with van der Waals surface area (Å²) in [4.78, 5) is 2.48. The molecule has 0 aromatic carbocycles. The second-order valence-corrected chi connectivity index (χ2v) is 4.27. The molecule has 0 aromatic heterocycles. The highest BCUT2D eigenvalue weighted by Crippen LogP contribution is 1.98. The van der Waals surface area contributed by atoms with E-state index in [2.05, 4.69) is 30.6 Å². The summed E-state index contributed by atoms with van der Waals surface area (Å²) in [7, 11) is 0. The van der Waals surface area contributed by atoms with Gasteiger partial charge in [-0.3, -0.25) is 0 Å². The van der Waals surface area contributed by atoms with Crippen molar-refractivity contribution in [3.8, 4) is 0 Å². The highest BCUT2D eigenvalue weighted by molar-refractivity contribution is 4.65. The zero-order chi connectivity index (χ0) is 12.1. The highest BCUT2D eigenvalue weighted by Gasteiger charge is 1.97. The average Bonchev–Trinajstić information content (AvgIpc) is 2.32. The zero-order valence-corrected chi connectivity index (χ0v) is 11.3. The third kappa shape index (κ3) is 10.2. The Morgan fingerprint density at radius 2 is 1.69 bits per heavy atom. The molecular formula is C14H30N2. The molecule has 0 radical (unpaired) electrons. The van der Waals surface area contributed by atoms with E-state index in [9.17, 15) is 0 Å². The maximum Gasteiger partial charge on any atom is -0.000687 e. The largest absolute Gasteiger partial charge is 0.317 e. The summed E-state index contributed by atoms with van der Waals surface area (Å²) in [5.74, 6) is 0. The van der Waals surface area contributed by atoms with Gasteiger partial charge in [0.1, 0.15) is 0 Å². The van der Waals surface area contributed by atoms with Gasteiger partial charge in [0.05, 0.1) is 0 Å². The number of hydrogen-bond donors (Lipinski definition) is 1. The fourth-order valence-corrected chi connectivity index (χ4v) is 1.81. The summed E-state index contributed by atoms with van der Waals surface area (Å²) in [6.45, 7) is 14.1. The molecule has 16 heavy (non-hydrogen) atoms. The monoisotopic (exact) mass is 226 g/mol. The van der Waals surface area contributed by atoms with Gasteiger partial charge in [-0.2, -0.15) is 0 Å². The van der Waals surface area contributed by atoms with Crippen LogP contribution in [0.5, 0.6) is 0 Å². The molecule has 0 saturated carbocycles. The van der Waals surface area contributed by atoms with E-state index in [1.807, 2.05) is 6.08 Å². The first kappa shape index (κ1) is 15.7. The van der Waals surface area contributed by atoms with Crippen molar-refractivity contribution >= 4 is 0 Å². The topological polar surface area (TPSA) is 15.3 Å².